The normalized spacial score (nSPS) is 18.5. The minimum Gasteiger partial charge on any atom is -0.353 e. The van der Waals surface area contributed by atoms with Crippen molar-refractivity contribution in [2.75, 3.05) is 62.2 Å². The summed E-state index contributed by atoms with van der Waals surface area (Å²) in [6.07, 6.45) is 1.87. The average Bonchev–Trinajstić information content (AvgIpc) is 2.62. The zero-order valence-electron chi connectivity index (χ0n) is 15.2. The van der Waals surface area contributed by atoms with E-state index < -0.39 is 0 Å². The molecule has 8 heteroatoms. The number of carbonyl (C=O) groups excluding carboxylic acids is 2. The molecule has 2 fully saturated rings. The largest absolute Gasteiger partial charge is 0.353 e. The van der Waals surface area contributed by atoms with Gasteiger partial charge >= 0.3 is 0 Å². The maximum absolute atomic E-state index is 11.5. The Hall–Kier alpha value is -2.38. The van der Waals surface area contributed by atoms with Crippen LogP contribution in [0.3, 0.4) is 0 Å². The van der Waals surface area contributed by atoms with E-state index >= 15 is 0 Å². The van der Waals surface area contributed by atoms with E-state index in [0.29, 0.717) is 13.1 Å². The molecule has 2 aliphatic heterocycles. The van der Waals surface area contributed by atoms with Crippen molar-refractivity contribution >= 4 is 23.6 Å². The van der Waals surface area contributed by atoms with Crippen LogP contribution in [0.25, 0.3) is 0 Å². The monoisotopic (exact) mass is 346 g/mol. The molecule has 8 nitrogen and oxygen atoms in total. The summed E-state index contributed by atoms with van der Waals surface area (Å²) in [6.45, 7) is 11.2. The van der Waals surface area contributed by atoms with E-state index in [1.54, 1.807) is 13.8 Å². The van der Waals surface area contributed by atoms with E-state index in [9.17, 15) is 9.59 Å². The Balaban J connectivity index is 1.69. The van der Waals surface area contributed by atoms with Gasteiger partial charge in [-0.1, -0.05) is 0 Å². The van der Waals surface area contributed by atoms with Crippen LogP contribution in [-0.4, -0.2) is 83.9 Å². The zero-order chi connectivity index (χ0) is 18.0. The van der Waals surface area contributed by atoms with Crippen molar-refractivity contribution in [3.8, 4) is 0 Å². The number of nitrogens with zero attached hydrogens (tertiary/aromatic N) is 6. The van der Waals surface area contributed by atoms with Gasteiger partial charge in [0, 0.05) is 78.0 Å². The lowest BCUT2D eigenvalue weighted by atomic mass is 10.2. The van der Waals surface area contributed by atoms with Crippen molar-refractivity contribution in [2.24, 2.45) is 0 Å². The summed E-state index contributed by atoms with van der Waals surface area (Å²) in [5.74, 6) is 1.91. The summed E-state index contributed by atoms with van der Waals surface area (Å²) in [4.78, 5) is 40.3. The van der Waals surface area contributed by atoms with Crippen LogP contribution in [0, 0.1) is 6.92 Å². The van der Waals surface area contributed by atoms with Crippen molar-refractivity contribution in [3.63, 3.8) is 0 Å². The van der Waals surface area contributed by atoms with Crippen molar-refractivity contribution in [1.29, 1.82) is 0 Å². The van der Waals surface area contributed by atoms with Gasteiger partial charge < -0.3 is 19.6 Å². The van der Waals surface area contributed by atoms with Crippen LogP contribution in [0.1, 0.15) is 19.4 Å². The molecular weight excluding hydrogens is 320 g/mol. The Bertz CT molecular complexity index is 649. The summed E-state index contributed by atoms with van der Waals surface area (Å²) in [5, 5.41) is 0. The molecule has 0 unspecified atom stereocenters. The Labute approximate surface area is 148 Å². The third-order valence-corrected chi connectivity index (χ3v) is 4.96. The van der Waals surface area contributed by atoms with Crippen LogP contribution in [-0.2, 0) is 9.59 Å². The van der Waals surface area contributed by atoms with Crippen LogP contribution in [0.5, 0.6) is 0 Å². The highest BCUT2D eigenvalue weighted by Gasteiger charge is 2.24. The fourth-order valence-electron chi connectivity index (χ4n) is 3.35. The Morgan fingerprint density at radius 2 is 1.32 bits per heavy atom. The summed E-state index contributed by atoms with van der Waals surface area (Å²) in [5.41, 5.74) is 1.04. The minimum absolute atomic E-state index is 0.119. The van der Waals surface area contributed by atoms with Gasteiger partial charge in [-0.15, -0.1) is 0 Å². The third-order valence-electron chi connectivity index (χ3n) is 4.96. The smallest absolute Gasteiger partial charge is 0.227 e. The topological polar surface area (TPSA) is 72.9 Å². The average molecular weight is 346 g/mol. The molecule has 25 heavy (non-hydrogen) atoms. The second-order valence-electron chi connectivity index (χ2n) is 6.66. The first-order valence-corrected chi connectivity index (χ1v) is 8.80. The van der Waals surface area contributed by atoms with Gasteiger partial charge in [0.25, 0.3) is 0 Å². The minimum atomic E-state index is 0.119. The molecule has 0 N–H and O–H groups in total. The van der Waals surface area contributed by atoms with E-state index in [2.05, 4.69) is 14.8 Å². The van der Waals surface area contributed by atoms with E-state index in [-0.39, 0.29) is 11.8 Å². The summed E-state index contributed by atoms with van der Waals surface area (Å²) >= 11 is 0. The lowest BCUT2D eigenvalue weighted by Crippen LogP contribution is -2.49. The Morgan fingerprint density at radius 1 is 0.840 bits per heavy atom. The predicted molar refractivity (Wildman–Crippen MR) is 95.7 cm³/mol. The predicted octanol–water partition coefficient (Wildman–Crippen LogP) is 0.122. The number of piperazine rings is 2. The molecule has 0 atom stereocenters. The van der Waals surface area contributed by atoms with E-state index in [0.717, 1.165) is 56.6 Å². The number of carbonyl (C=O) groups is 2. The van der Waals surface area contributed by atoms with Gasteiger partial charge in [-0.25, -0.2) is 4.98 Å². The number of aryl methyl sites for hydroxylation is 1. The van der Waals surface area contributed by atoms with Crippen LogP contribution >= 0.6 is 0 Å². The third kappa shape index (κ3) is 3.83. The van der Waals surface area contributed by atoms with E-state index in [1.165, 1.54) is 0 Å². The number of hydrogen-bond acceptors (Lipinski definition) is 6. The molecule has 0 saturated carbocycles. The maximum atomic E-state index is 11.5. The quantitative estimate of drug-likeness (QED) is 0.757. The molecule has 3 heterocycles. The number of rotatable bonds is 2. The van der Waals surface area contributed by atoms with Crippen LogP contribution in [0.15, 0.2) is 6.20 Å². The molecule has 1 aromatic rings. The lowest BCUT2D eigenvalue weighted by molar-refractivity contribution is -0.129. The fraction of sp³-hybridized carbons (Fsp3) is 0.647. The molecule has 2 saturated heterocycles. The molecule has 1 aromatic heterocycles. The molecule has 0 radical (unpaired) electrons. The van der Waals surface area contributed by atoms with E-state index in [4.69, 9.17) is 4.98 Å². The molecule has 2 amide bonds. The second-order valence-corrected chi connectivity index (χ2v) is 6.66. The first-order valence-electron chi connectivity index (χ1n) is 8.80. The number of hydrogen-bond donors (Lipinski definition) is 0. The fourth-order valence-corrected chi connectivity index (χ4v) is 3.35. The first-order chi connectivity index (χ1) is 12.0. The van der Waals surface area contributed by atoms with Gasteiger partial charge in [0.05, 0.1) is 0 Å². The van der Waals surface area contributed by atoms with Crippen LogP contribution in [0.4, 0.5) is 11.8 Å². The van der Waals surface area contributed by atoms with Gasteiger partial charge in [-0.05, 0) is 6.92 Å². The van der Waals surface area contributed by atoms with Crippen molar-refractivity contribution in [2.45, 2.75) is 20.8 Å². The maximum Gasteiger partial charge on any atom is 0.227 e. The lowest BCUT2D eigenvalue weighted by Gasteiger charge is -2.37. The van der Waals surface area contributed by atoms with Gasteiger partial charge in [0.1, 0.15) is 5.82 Å². The SMILES string of the molecule is CC(=O)N1CCN(c2ncc(C)c(N3CCN(C(C)=O)CC3)n2)CC1. The summed E-state index contributed by atoms with van der Waals surface area (Å²) in [7, 11) is 0. The molecular formula is C17H26N6O2. The molecule has 3 rings (SSSR count). The van der Waals surface area contributed by atoms with Crippen LogP contribution < -0.4 is 9.80 Å². The highest BCUT2D eigenvalue weighted by molar-refractivity contribution is 5.74. The zero-order valence-corrected chi connectivity index (χ0v) is 15.2. The number of aromatic nitrogens is 2. The highest BCUT2D eigenvalue weighted by Crippen LogP contribution is 2.22. The van der Waals surface area contributed by atoms with Gasteiger partial charge in [-0.2, -0.15) is 4.98 Å². The summed E-state index contributed by atoms with van der Waals surface area (Å²) in [6, 6.07) is 0. The first kappa shape index (κ1) is 17.4. The molecule has 0 spiro atoms. The van der Waals surface area contributed by atoms with Gasteiger partial charge in [0.2, 0.25) is 17.8 Å². The van der Waals surface area contributed by atoms with E-state index in [1.807, 2.05) is 22.9 Å². The molecule has 0 aromatic carbocycles. The Morgan fingerprint density at radius 3 is 1.80 bits per heavy atom. The standard InChI is InChI=1S/C17H26N6O2/c1-13-12-18-17(23-10-6-21(7-11-23)15(3)25)19-16(13)22-8-4-20(5-9-22)14(2)24/h12H,4-11H2,1-3H3. The molecule has 0 aliphatic carbocycles. The van der Waals surface area contributed by atoms with Crippen LogP contribution in [0.2, 0.25) is 0 Å². The summed E-state index contributed by atoms with van der Waals surface area (Å²) < 4.78 is 0. The molecule has 136 valence electrons. The van der Waals surface area contributed by atoms with Crippen molar-refractivity contribution in [3.05, 3.63) is 11.8 Å². The van der Waals surface area contributed by atoms with Gasteiger partial charge in [0.15, 0.2) is 0 Å². The molecule has 0 bridgehead atoms. The van der Waals surface area contributed by atoms with Crippen molar-refractivity contribution < 1.29 is 9.59 Å². The Kier molecular flexibility index (Phi) is 5.06. The van der Waals surface area contributed by atoms with Crippen molar-refractivity contribution in [1.82, 2.24) is 19.8 Å². The van der Waals surface area contributed by atoms with Gasteiger partial charge in [-0.3, -0.25) is 9.59 Å². The highest BCUT2D eigenvalue weighted by atomic mass is 16.2. The second kappa shape index (κ2) is 7.25. The molecule has 2 aliphatic rings. The number of amides is 2. The number of anilines is 2.